The van der Waals surface area contributed by atoms with Crippen LogP contribution >= 0.6 is 12.2 Å². The minimum Gasteiger partial charge on any atom is -0.364 e. The number of nitrogens with one attached hydrogen (secondary N) is 1. The van der Waals surface area contributed by atoms with Crippen molar-refractivity contribution in [3.8, 4) is 0 Å². The van der Waals surface area contributed by atoms with Crippen LogP contribution in [-0.4, -0.2) is 15.9 Å². The molecule has 0 atom stereocenters. The van der Waals surface area contributed by atoms with Crippen molar-refractivity contribution in [3.05, 3.63) is 22.7 Å². The number of rotatable bonds is 1. The number of H-pyrrole nitrogens is 1. The normalized spacial score (nSPS) is 9.20. The summed E-state index contributed by atoms with van der Waals surface area (Å²) in [4.78, 5) is 16.7. The van der Waals surface area contributed by atoms with Gasteiger partial charge in [-0.25, -0.2) is 4.98 Å². The Hall–Kier alpha value is -1.23. The van der Waals surface area contributed by atoms with Gasteiger partial charge in [0.15, 0.2) is 0 Å². The number of nitrogens with zero attached hydrogens (tertiary/aromatic N) is 1. The fraction of sp³-hybridized carbons (Fsp3) is 0. The van der Waals surface area contributed by atoms with Gasteiger partial charge in [0.1, 0.15) is 10.3 Å². The maximum Gasteiger partial charge on any atom is 0.265 e. The van der Waals surface area contributed by atoms with Crippen LogP contribution in [0.3, 0.4) is 0 Å². The third-order valence-corrected chi connectivity index (χ3v) is 1.17. The van der Waals surface area contributed by atoms with Crippen molar-refractivity contribution in [2.45, 2.75) is 0 Å². The van der Waals surface area contributed by atoms with Gasteiger partial charge in [0, 0.05) is 6.07 Å². The molecule has 1 heterocycles. The van der Waals surface area contributed by atoms with Gasteiger partial charge < -0.3 is 10.7 Å². The molecule has 0 aromatic carbocycles. The van der Waals surface area contributed by atoms with E-state index in [0.717, 1.165) is 0 Å². The molecule has 10 heavy (non-hydrogen) atoms. The largest absolute Gasteiger partial charge is 0.364 e. The van der Waals surface area contributed by atoms with Gasteiger partial charge in [-0.2, -0.15) is 0 Å². The molecule has 0 aliphatic heterocycles. The van der Waals surface area contributed by atoms with Crippen molar-refractivity contribution in [2.24, 2.45) is 5.73 Å². The second-order valence-electron chi connectivity index (χ2n) is 1.66. The molecule has 3 N–H and O–H groups in total. The number of amides is 1. The number of nitrogens with two attached hydrogens (primary N) is 1. The average molecular weight is 155 g/mol. The van der Waals surface area contributed by atoms with Gasteiger partial charge in [0.25, 0.3) is 5.91 Å². The van der Waals surface area contributed by atoms with Gasteiger partial charge in [-0.3, -0.25) is 4.79 Å². The van der Waals surface area contributed by atoms with Crippen molar-refractivity contribution >= 4 is 18.1 Å². The molecule has 0 aliphatic carbocycles. The van der Waals surface area contributed by atoms with Gasteiger partial charge in [-0.15, -0.1) is 0 Å². The zero-order chi connectivity index (χ0) is 7.56. The molecule has 1 aromatic heterocycles. The molecule has 1 rings (SSSR count). The Morgan fingerprint density at radius 3 is 2.90 bits per heavy atom. The van der Waals surface area contributed by atoms with Gasteiger partial charge in [-0.05, 0) is 0 Å². The van der Waals surface area contributed by atoms with E-state index in [1.54, 1.807) is 0 Å². The minimum absolute atomic E-state index is 0.278. The summed E-state index contributed by atoms with van der Waals surface area (Å²) in [5, 5.41) is 0. The fourth-order valence-electron chi connectivity index (χ4n) is 0.510. The Labute approximate surface area is 62.1 Å². The van der Waals surface area contributed by atoms with Gasteiger partial charge >= 0.3 is 0 Å². The van der Waals surface area contributed by atoms with E-state index in [4.69, 9.17) is 5.73 Å². The molecule has 4 nitrogen and oxygen atoms in total. The first-order chi connectivity index (χ1) is 4.70. The second-order valence-corrected chi connectivity index (χ2v) is 2.08. The topological polar surface area (TPSA) is 71.8 Å². The number of aromatic nitrogens is 2. The number of primary amides is 1. The van der Waals surface area contributed by atoms with Crippen LogP contribution in [0.1, 0.15) is 10.5 Å². The molecule has 0 aliphatic rings. The molecule has 0 unspecified atom stereocenters. The number of hydrogen-bond acceptors (Lipinski definition) is 3. The summed E-state index contributed by atoms with van der Waals surface area (Å²) in [6.45, 7) is 0. The first kappa shape index (κ1) is 6.88. The number of hydrogen-bond donors (Lipinski definition) is 2. The lowest BCUT2D eigenvalue weighted by atomic mass is 10.4. The Morgan fingerprint density at radius 2 is 2.50 bits per heavy atom. The van der Waals surface area contributed by atoms with Crippen molar-refractivity contribution in [1.29, 1.82) is 0 Å². The van der Waals surface area contributed by atoms with Crippen LogP contribution in [-0.2, 0) is 0 Å². The van der Waals surface area contributed by atoms with E-state index in [9.17, 15) is 4.79 Å². The standard InChI is InChI=1S/C5H5N3OS/c6-5(9)3-1-4(10)8-2-7-3/h1-2H,(H2,6,9)(H,7,8,10). The molecule has 1 amide bonds. The number of carbonyl (C=O) groups is 1. The lowest BCUT2D eigenvalue weighted by Crippen LogP contribution is -2.12. The summed E-state index contributed by atoms with van der Waals surface area (Å²) in [7, 11) is 0. The maximum atomic E-state index is 10.5. The van der Waals surface area contributed by atoms with E-state index in [2.05, 4.69) is 22.2 Å². The lowest BCUT2D eigenvalue weighted by Gasteiger charge is -1.91. The fourth-order valence-corrected chi connectivity index (χ4v) is 0.681. The smallest absolute Gasteiger partial charge is 0.265 e. The summed E-state index contributed by atoms with van der Waals surface area (Å²) in [6.07, 6.45) is 1.34. The lowest BCUT2D eigenvalue weighted by molar-refractivity contribution is 0.0995. The Morgan fingerprint density at radius 1 is 1.80 bits per heavy atom. The van der Waals surface area contributed by atoms with Crippen molar-refractivity contribution in [3.63, 3.8) is 0 Å². The molecule has 1 aromatic rings. The number of carbonyl (C=O) groups excluding carboxylic acids is 1. The summed E-state index contributed by atoms with van der Waals surface area (Å²) in [5.74, 6) is -0.534. The second kappa shape index (κ2) is 2.57. The van der Waals surface area contributed by atoms with Crippen LogP contribution < -0.4 is 5.73 Å². The van der Waals surface area contributed by atoms with Gasteiger partial charge in [0.05, 0.1) is 6.33 Å². The first-order valence-electron chi connectivity index (χ1n) is 2.54. The quantitative estimate of drug-likeness (QED) is 0.570. The van der Waals surface area contributed by atoms with Crippen LogP contribution in [0.15, 0.2) is 12.4 Å². The van der Waals surface area contributed by atoms with E-state index in [1.165, 1.54) is 12.4 Å². The minimum atomic E-state index is -0.534. The molecule has 0 saturated heterocycles. The van der Waals surface area contributed by atoms with Crippen LogP contribution in [0, 0.1) is 4.64 Å². The first-order valence-corrected chi connectivity index (χ1v) is 2.95. The predicted molar refractivity (Wildman–Crippen MR) is 37.9 cm³/mol. The van der Waals surface area contributed by atoms with Crippen LogP contribution in [0.5, 0.6) is 0 Å². The van der Waals surface area contributed by atoms with Crippen LogP contribution in [0.25, 0.3) is 0 Å². The monoisotopic (exact) mass is 155 g/mol. The highest BCUT2D eigenvalue weighted by Gasteiger charge is 1.96. The Bertz CT molecular complexity index is 306. The van der Waals surface area contributed by atoms with E-state index < -0.39 is 5.91 Å². The van der Waals surface area contributed by atoms with Crippen molar-refractivity contribution in [2.75, 3.05) is 0 Å². The molecular weight excluding hydrogens is 150 g/mol. The van der Waals surface area contributed by atoms with E-state index in [1.807, 2.05) is 0 Å². The third-order valence-electron chi connectivity index (χ3n) is 0.945. The highest BCUT2D eigenvalue weighted by molar-refractivity contribution is 7.71. The maximum absolute atomic E-state index is 10.5. The molecule has 0 radical (unpaired) electrons. The molecule has 0 bridgehead atoms. The van der Waals surface area contributed by atoms with Crippen molar-refractivity contribution in [1.82, 2.24) is 9.97 Å². The summed E-state index contributed by atoms with van der Waals surface area (Å²) in [6, 6.07) is 1.41. The van der Waals surface area contributed by atoms with Crippen molar-refractivity contribution < 1.29 is 4.79 Å². The number of aromatic amines is 1. The SMILES string of the molecule is NC(=O)c1cc(=S)nc[nH]1. The van der Waals surface area contributed by atoms with Crippen LogP contribution in [0.4, 0.5) is 0 Å². The molecule has 0 fully saturated rings. The van der Waals surface area contributed by atoms with Crippen LogP contribution in [0.2, 0.25) is 0 Å². The summed E-state index contributed by atoms with van der Waals surface area (Å²) >= 11 is 4.68. The summed E-state index contributed by atoms with van der Waals surface area (Å²) in [5.41, 5.74) is 5.22. The highest BCUT2D eigenvalue weighted by Crippen LogP contribution is 1.89. The van der Waals surface area contributed by atoms with E-state index >= 15 is 0 Å². The van der Waals surface area contributed by atoms with Gasteiger partial charge in [0.2, 0.25) is 0 Å². The zero-order valence-electron chi connectivity index (χ0n) is 5.00. The Balaban J connectivity index is 3.20. The zero-order valence-corrected chi connectivity index (χ0v) is 5.81. The third kappa shape index (κ3) is 1.38. The van der Waals surface area contributed by atoms with E-state index in [0.29, 0.717) is 4.64 Å². The summed E-state index contributed by atoms with van der Waals surface area (Å²) < 4.78 is 0.354. The molecule has 0 saturated carbocycles. The molecule has 0 spiro atoms. The van der Waals surface area contributed by atoms with Gasteiger partial charge in [-0.1, -0.05) is 12.2 Å². The molecule has 52 valence electrons. The Kier molecular flexibility index (Phi) is 1.77. The highest BCUT2D eigenvalue weighted by atomic mass is 32.1. The average Bonchev–Trinajstić information content (AvgIpc) is 1.88. The molecular formula is C5H5N3OS. The molecule has 5 heteroatoms. The van der Waals surface area contributed by atoms with E-state index in [-0.39, 0.29) is 5.69 Å². The predicted octanol–water partition coefficient (Wildman–Crippen LogP) is 0.238.